The maximum absolute atomic E-state index is 15.1. The highest BCUT2D eigenvalue weighted by Crippen LogP contribution is 2.40. The Kier molecular flexibility index (Phi) is 6.36. The summed E-state index contributed by atoms with van der Waals surface area (Å²) in [5.74, 6) is -6.71. The third-order valence-electron chi connectivity index (χ3n) is 5.66. The number of hydrogen-bond acceptors (Lipinski definition) is 3. The summed E-state index contributed by atoms with van der Waals surface area (Å²) < 4.78 is 30.4. The third kappa shape index (κ3) is 4.02. The van der Waals surface area contributed by atoms with Gasteiger partial charge in [0.15, 0.2) is 17.4 Å². The number of phenolic OH excluding ortho intramolecular Hbond substituents is 1. The van der Waals surface area contributed by atoms with Crippen LogP contribution in [0.5, 0.6) is 5.75 Å². The minimum Gasteiger partial charge on any atom is -0.503 e. The van der Waals surface area contributed by atoms with Crippen LogP contribution in [-0.2, 0) is 4.79 Å². The average Bonchev–Trinajstić information content (AvgIpc) is 3.00. The molecule has 3 rings (SSSR count). The van der Waals surface area contributed by atoms with Crippen molar-refractivity contribution in [1.29, 1.82) is 0 Å². The minimum absolute atomic E-state index is 0.000335. The topological polar surface area (TPSA) is 79.5 Å². The molecule has 0 spiro atoms. The summed E-state index contributed by atoms with van der Waals surface area (Å²) in [7, 11) is 0. The second kappa shape index (κ2) is 8.67. The quantitative estimate of drug-likeness (QED) is 0.492. The van der Waals surface area contributed by atoms with E-state index in [0.717, 1.165) is 10.6 Å². The molecule has 5 nitrogen and oxygen atoms in total. The molecule has 1 heterocycles. The van der Waals surface area contributed by atoms with E-state index in [1.165, 1.54) is 19.1 Å². The van der Waals surface area contributed by atoms with Crippen LogP contribution in [-0.4, -0.2) is 26.7 Å². The van der Waals surface area contributed by atoms with E-state index in [2.05, 4.69) is 0 Å². The van der Waals surface area contributed by atoms with Crippen LogP contribution in [0.2, 0.25) is 5.02 Å². The number of benzene rings is 2. The number of aliphatic carboxylic acids is 1. The van der Waals surface area contributed by atoms with Crippen molar-refractivity contribution in [3.05, 3.63) is 63.8 Å². The number of aromatic nitrogens is 1. The summed E-state index contributed by atoms with van der Waals surface area (Å²) >= 11 is 5.98. The van der Waals surface area contributed by atoms with Crippen LogP contribution < -0.4 is 0 Å². The van der Waals surface area contributed by atoms with Gasteiger partial charge in [0.05, 0.1) is 11.4 Å². The van der Waals surface area contributed by atoms with E-state index in [-0.39, 0.29) is 40.1 Å². The second-order valence-corrected chi connectivity index (χ2v) is 8.14. The molecule has 1 aromatic heterocycles. The third-order valence-corrected chi connectivity index (χ3v) is 5.90. The fourth-order valence-corrected chi connectivity index (χ4v) is 4.05. The summed E-state index contributed by atoms with van der Waals surface area (Å²) in [6.07, 6.45) is 0.889. The van der Waals surface area contributed by atoms with E-state index >= 15 is 4.39 Å². The van der Waals surface area contributed by atoms with E-state index in [9.17, 15) is 24.2 Å². The molecule has 3 aromatic rings. The lowest BCUT2D eigenvalue weighted by Crippen LogP contribution is -2.18. The molecule has 0 aliphatic heterocycles. The number of halogens is 3. The highest BCUT2D eigenvalue weighted by atomic mass is 35.5. The van der Waals surface area contributed by atoms with Gasteiger partial charge in [-0.25, -0.2) is 8.78 Å². The molecule has 0 fully saturated rings. The molecule has 2 aromatic carbocycles. The number of aromatic hydroxyl groups is 1. The molecule has 0 aliphatic carbocycles. The molecule has 0 aliphatic rings. The summed E-state index contributed by atoms with van der Waals surface area (Å²) in [5, 5.41) is 19.8. The second-order valence-electron chi connectivity index (χ2n) is 7.71. The van der Waals surface area contributed by atoms with E-state index in [1.807, 2.05) is 13.8 Å². The van der Waals surface area contributed by atoms with Crippen molar-refractivity contribution in [2.75, 3.05) is 0 Å². The highest BCUT2D eigenvalue weighted by Gasteiger charge is 2.33. The molecule has 31 heavy (non-hydrogen) atoms. The lowest BCUT2D eigenvalue weighted by Gasteiger charge is -2.18. The minimum atomic E-state index is -1.29. The normalized spacial score (nSPS) is 13.4. The van der Waals surface area contributed by atoms with E-state index in [4.69, 9.17) is 11.6 Å². The Labute approximate surface area is 182 Å². The lowest BCUT2D eigenvalue weighted by atomic mass is 9.86. The number of rotatable bonds is 6. The Morgan fingerprint density at radius 1 is 1.23 bits per heavy atom. The van der Waals surface area contributed by atoms with Crippen LogP contribution in [0.15, 0.2) is 30.3 Å². The molecule has 164 valence electrons. The number of carbonyl (C=O) groups is 2. The van der Waals surface area contributed by atoms with Crippen LogP contribution in [0.25, 0.3) is 10.9 Å². The first-order valence-electron chi connectivity index (χ1n) is 9.83. The molecular weight excluding hydrogens is 428 g/mol. The van der Waals surface area contributed by atoms with Crippen LogP contribution in [0.4, 0.5) is 8.78 Å². The van der Waals surface area contributed by atoms with Gasteiger partial charge in [0, 0.05) is 27.7 Å². The van der Waals surface area contributed by atoms with E-state index < -0.39 is 35.2 Å². The average molecular weight is 450 g/mol. The summed E-state index contributed by atoms with van der Waals surface area (Å²) in [4.78, 5) is 25.4. The van der Waals surface area contributed by atoms with Gasteiger partial charge in [-0.15, -0.1) is 0 Å². The number of carboxylic acids is 1. The van der Waals surface area contributed by atoms with Crippen molar-refractivity contribution in [2.45, 2.75) is 39.5 Å². The Morgan fingerprint density at radius 2 is 1.90 bits per heavy atom. The molecular formula is C23H22ClF2NO4. The molecule has 0 saturated carbocycles. The monoisotopic (exact) mass is 449 g/mol. The smallest absolute Gasteiger partial charge is 0.311 e. The van der Waals surface area contributed by atoms with Crippen molar-refractivity contribution in [1.82, 2.24) is 4.57 Å². The zero-order valence-corrected chi connectivity index (χ0v) is 18.0. The van der Waals surface area contributed by atoms with Gasteiger partial charge in [-0.2, -0.15) is 0 Å². The van der Waals surface area contributed by atoms with Crippen LogP contribution >= 0.6 is 11.6 Å². The molecule has 0 bridgehead atoms. The molecule has 0 saturated heterocycles. The van der Waals surface area contributed by atoms with Gasteiger partial charge in [0.25, 0.3) is 5.91 Å². The number of carbonyl (C=O) groups excluding carboxylic acids is 1. The fourth-order valence-electron chi connectivity index (χ4n) is 3.86. The summed E-state index contributed by atoms with van der Waals surface area (Å²) in [6.45, 7) is 5.26. The zero-order valence-electron chi connectivity index (χ0n) is 17.2. The molecule has 2 unspecified atom stereocenters. The van der Waals surface area contributed by atoms with Crippen LogP contribution in [0.1, 0.15) is 54.2 Å². The first-order valence-corrected chi connectivity index (χ1v) is 10.2. The van der Waals surface area contributed by atoms with Gasteiger partial charge < -0.3 is 10.2 Å². The fraction of sp³-hybridized carbons (Fsp3) is 0.304. The molecule has 2 N–H and O–H groups in total. The zero-order chi connectivity index (χ0) is 23.0. The predicted octanol–water partition coefficient (Wildman–Crippen LogP) is 5.88. The largest absolute Gasteiger partial charge is 0.503 e. The first-order chi connectivity index (χ1) is 14.6. The van der Waals surface area contributed by atoms with Crippen molar-refractivity contribution in [2.24, 2.45) is 5.92 Å². The standard InChI is InChI=1S/C23H22ClF2NO4/c1-4-11(2)8-15(23(30)31)18-12(3)27(22(29)13-6-5-7-14(24)9-13)17-10-16(25)21(28)20(26)19(17)18/h5-7,9-11,15,28H,4,8H2,1-3H3,(H,30,31). The molecule has 0 amide bonds. The number of nitrogens with zero attached hydrogens (tertiary/aromatic N) is 1. The Balaban J connectivity index is 2.38. The van der Waals surface area contributed by atoms with Gasteiger partial charge in [0.2, 0.25) is 0 Å². The maximum Gasteiger partial charge on any atom is 0.311 e. The van der Waals surface area contributed by atoms with Crippen LogP contribution in [0.3, 0.4) is 0 Å². The van der Waals surface area contributed by atoms with Crippen molar-refractivity contribution in [3.63, 3.8) is 0 Å². The number of carboxylic acid groups (broad SMARTS) is 1. The van der Waals surface area contributed by atoms with E-state index in [1.54, 1.807) is 12.1 Å². The number of phenols is 1. The van der Waals surface area contributed by atoms with Gasteiger partial charge >= 0.3 is 5.97 Å². The highest BCUT2D eigenvalue weighted by molar-refractivity contribution is 6.31. The Hall–Kier alpha value is -2.93. The first kappa shape index (κ1) is 22.7. The lowest BCUT2D eigenvalue weighted by molar-refractivity contribution is -0.139. The number of hydrogen-bond donors (Lipinski definition) is 2. The Morgan fingerprint density at radius 3 is 2.48 bits per heavy atom. The molecule has 2 atom stereocenters. The van der Waals surface area contributed by atoms with Crippen molar-refractivity contribution in [3.8, 4) is 5.75 Å². The van der Waals surface area contributed by atoms with E-state index in [0.29, 0.717) is 11.4 Å². The van der Waals surface area contributed by atoms with Gasteiger partial charge in [-0.1, -0.05) is 37.9 Å². The van der Waals surface area contributed by atoms with Gasteiger partial charge in [-0.3, -0.25) is 14.2 Å². The Bertz CT molecular complexity index is 1190. The molecule has 0 radical (unpaired) electrons. The maximum atomic E-state index is 15.1. The summed E-state index contributed by atoms with van der Waals surface area (Å²) in [5.41, 5.74) is 0.230. The summed E-state index contributed by atoms with van der Waals surface area (Å²) in [6, 6.07) is 6.90. The SMILES string of the molecule is CCC(C)CC(C(=O)O)c1c(C)n(C(=O)c2cccc(Cl)c2)c2cc(F)c(O)c(F)c12. The predicted molar refractivity (Wildman–Crippen MR) is 114 cm³/mol. The number of fused-ring (bicyclic) bond motifs is 1. The van der Waals surface area contributed by atoms with Gasteiger partial charge in [-0.05, 0) is 43.0 Å². The van der Waals surface area contributed by atoms with Gasteiger partial charge in [0.1, 0.15) is 0 Å². The van der Waals surface area contributed by atoms with Crippen LogP contribution in [0, 0.1) is 24.5 Å². The van der Waals surface area contributed by atoms with Crippen molar-refractivity contribution < 1.29 is 28.6 Å². The van der Waals surface area contributed by atoms with Crippen molar-refractivity contribution >= 4 is 34.4 Å². The molecule has 8 heteroatoms.